The summed E-state index contributed by atoms with van der Waals surface area (Å²) >= 11 is 7.78. The lowest BCUT2D eigenvalue weighted by Crippen LogP contribution is -2.35. The lowest BCUT2D eigenvalue weighted by Gasteiger charge is -2.29. The number of rotatable bonds is 6. The van der Waals surface area contributed by atoms with E-state index < -0.39 is 4.92 Å². The van der Waals surface area contributed by atoms with Gasteiger partial charge < -0.3 is 5.32 Å². The van der Waals surface area contributed by atoms with E-state index in [0.29, 0.717) is 11.5 Å². The number of halogens is 1. The van der Waals surface area contributed by atoms with Crippen molar-refractivity contribution in [2.45, 2.75) is 38.4 Å². The molecule has 2 aromatic rings. The maximum absolute atomic E-state index is 11.0. The van der Waals surface area contributed by atoms with Gasteiger partial charge in [0.2, 0.25) is 0 Å². The molecular weight excluding hydrogens is 372 g/mol. The van der Waals surface area contributed by atoms with E-state index in [1.54, 1.807) is 17.4 Å². The van der Waals surface area contributed by atoms with Crippen LogP contribution < -0.4 is 5.32 Å². The summed E-state index contributed by atoms with van der Waals surface area (Å²) in [4.78, 5) is 17.5. The zero-order valence-electron chi connectivity index (χ0n) is 14.4. The Labute approximate surface area is 161 Å². The third-order valence-electron chi connectivity index (χ3n) is 5.60. The summed E-state index contributed by atoms with van der Waals surface area (Å²) in [5.74, 6) is 0. The summed E-state index contributed by atoms with van der Waals surface area (Å²) in [5, 5.41) is 17.7. The lowest BCUT2D eigenvalue weighted by atomic mass is 9.93. The average molecular weight is 393 g/mol. The minimum atomic E-state index is -0.440. The molecule has 0 bridgehead atoms. The highest BCUT2D eigenvalue weighted by atomic mass is 35.5. The van der Waals surface area contributed by atoms with Gasteiger partial charge in [-0.2, -0.15) is 0 Å². The number of piperidine rings is 1. The molecule has 1 aliphatic heterocycles. The van der Waals surface area contributed by atoms with Crippen molar-refractivity contribution in [3.8, 4) is 0 Å². The van der Waals surface area contributed by atoms with Crippen molar-refractivity contribution < 1.29 is 4.92 Å². The summed E-state index contributed by atoms with van der Waals surface area (Å²) in [7, 11) is 0. The minimum Gasteiger partial charge on any atom is -0.317 e. The van der Waals surface area contributed by atoms with E-state index in [-0.39, 0.29) is 10.7 Å². The van der Waals surface area contributed by atoms with Crippen LogP contribution in [0.1, 0.15) is 29.8 Å². The maximum atomic E-state index is 11.0. The molecule has 1 unspecified atom stereocenters. The van der Waals surface area contributed by atoms with Crippen LogP contribution in [0.5, 0.6) is 0 Å². The molecule has 1 aliphatic carbocycles. The molecule has 1 saturated heterocycles. The molecular formula is C18H21ClN4O2S. The largest absolute Gasteiger partial charge is 0.317 e. The number of nitro groups is 1. The van der Waals surface area contributed by atoms with Crippen molar-refractivity contribution in [3.63, 3.8) is 0 Å². The highest BCUT2D eigenvalue weighted by Crippen LogP contribution is 2.56. The van der Waals surface area contributed by atoms with Gasteiger partial charge in [0.1, 0.15) is 10.0 Å². The average Bonchev–Trinajstić information content (AvgIpc) is 3.04. The number of hydrogen-bond acceptors (Lipinski definition) is 6. The number of nitro benzene ring substituents is 1. The first-order chi connectivity index (χ1) is 12.6. The van der Waals surface area contributed by atoms with E-state index in [4.69, 9.17) is 11.6 Å². The molecule has 0 radical (unpaired) electrons. The van der Waals surface area contributed by atoms with Crippen LogP contribution >= 0.6 is 22.9 Å². The van der Waals surface area contributed by atoms with Crippen molar-refractivity contribution in [2.24, 2.45) is 5.41 Å². The van der Waals surface area contributed by atoms with Crippen LogP contribution in [0.4, 0.5) is 5.69 Å². The Morgan fingerprint density at radius 3 is 2.85 bits per heavy atom. The monoisotopic (exact) mass is 392 g/mol. The van der Waals surface area contributed by atoms with Gasteiger partial charge >= 0.3 is 0 Å². The predicted molar refractivity (Wildman–Crippen MR) is 102 cm³/mol. The smallest absolute Gasteiger partial charge is 0.287 e. The maximum Gasteiger partial charge on any atom is 0.287 e. The number of thiazole rings is 1. The van der Waals surface area contributed by atoms with Gasteiger partial charge in [-0.15, -0.1) is 11.3 Å². The summed E-state index contributed by atoms with van der Waals surface area (Å²) in [6.07, 6.45) is 5.50. The normalized spacial score (nSPS) is 21.2. The van der Waals surface area contributed by atoms with Gasteiger partial charge in [-0.1, -0.05) is 17.7 Å². The second kappa shape index (κ2) is 7.23. The molecule has 2 heterocycles. The quantitative estimate of drug-likeness (QED) is 0.597. The molecule has 1 spiro atoms. The van der Waals surface area contributed by atoms with E-state index in [9.17, 15) is 10.1 Å². The Kier molecular flexibility index (Phi) is 4.96. The van der Waals surface area contributed by atoms with Crippen LogP contribution in [0.3, 0.4) is 0 Å². The molecule has 138 valence electrons. The van der Waals surface area contributed by atoms with Crippen molar-refractivity contribution in [2.75, 3.05) is 13.1 Å². The summed E-state index contributed by atoms with van der Waals surface area (Å²) in [6, 6.07) is 5.59. The third-order valence-corrected chi connectivity index (χ3v) is 6.67. The van der Waals surface area contributed by atoms with Gasteiger partial charge in [-0.3, -0.25) is 15.0 Å². The molecule has 0 amide bonds. The van der Waals surface area contributed by atoms with Crippen molar-refractivity contribution >= 4 is 28.6 Å². The standard InChI is InChI=1S/C18H21ClN4O2S/c19-14-9-13(1-2-15(14)23(24)25)11-22(12-17-21-7-8-26-17)16-10-18(16)3-5-20-6-4-18/h1-2,7-9,16,20H,3-6,10-12H2. The lowest BCUT2D eigenvalue weighted by molar-refractivity contribution is -0.384. The molecule has 4 rings (SSSR count). The molecule has 1 aromatic carbocycles. The summed E-state index contributed by atoms with van der Waals surface area (Å²) in [5.41, 5.74) is 1.39. The van der Waals surface area contributed by atoms with Crippen molar-refractivity contribution in [1.29, 1.82) is 0 Å². The highest BCUT2D eigenvalue weighted by Gasteiger charge is 2.56. The molecule has 2 fully saturated rings. The number of nitrogens with one attached hydrogen (secondary N) is 1. The van der Waals surface area contributed by atoms with E-state index in [1.165, 1.54) is 25.3 Å². The fraction of sp³-hybridized carbons (Fsp3) is 0.500. The van der Waals surface area contributed by atoms with E-state index >= 15 is 0 Å². The molecule has 1 atom stereocenters. The Hall–Kier alpha value is -1.54. The Bertz CT molecular complexity index is 792. The van der Waals surface area contributed by atoms with Gasteiger partial charge in [0.15, 0.2) is 0 Å². The Morgan fingerprint density at radius 2 is 2.19 bits per heavy atom. The molecule has 1 aromatic heterocycles. The van der Waals surface area contributed by atoms with Crippen LogP contribution in [0.15, 0.2) is 29.8 Å². The first kappa shape index (κ1) is 17.9. The van der Waals surface area contributed by atoms with Crippen LogP contribution in [0.25, 0.3) is 0 Å². The number of benzene rings is 1. The summed E-state index contributed by atoms with van der Waals surface area (Å²) in [6.45, 7) is 3.72. The zero-order valence-corrected chi connectivity index (χ0v) is 15.9. The first-order valence-corrected chi connectivity index (χ1v) is 10.1. The number of aromatic nitrogens is 1. The van der Waals surface area contributed by atoms with Crippen molar-refractivity contribution in [1.82, 2.24) is 15.2 Å². The molecule has 6 nitrogen and oxygen atoms in total. The Morgan fingerprint density at radius 1 is 1.38 bits per heavy atom. The van der Waals surface area contributed by atoms with Crippen LogP contribution in [-0.4, -0.2) is 33.9 Å². The number of nitrogens with zero attached hydrogens (tertiary/aromatic N) is 3. The van der Waals surface area contributed by atoms with Gasteiger partial charge in [-0.05, 0) is 49.4 Å². The van der Waals surface area contributed by atoms with Gasteiger partial charge in [0.05, 0.1) is 11.5 Å². The second-order valence-electron chi connectivity index (χ2n) is 7.21. The first-order valence-electron chi connectivity index (χ1n) is 8.83. The summed E-state index contributed by atoms with van der Waals surface area (Å²) < 4.78 is 0. The molecule has 1 saturated carbocycles. The fourth-order valence-corrected chi connectivity index (χ4v) is 5.03. The zero-order chi connectivity index (χ0) is 18.1. The molecule has 26 heavy (non-hydrogen) atoms. The highest BCUT2D eigenvalue weighted by molar-refractivity contribution is 7.09. The van der Waals surface area contributed by atoms with E-state index in [2.05, 4.69) is 15.2 Å². The second-order valence-corrected chi connectivity index (χ2v) is 8.59. The van der Waals surface area contributed by atoms with Crippen LogP contribution in [-0.2, 0) is 13.1 Å². The van der Waals surface area contributed by atoms with Crippen LogP contribution in [0.2, 0.25) is 5.02 Å². The minimum absolute atomic E-state index is 0.0388. The number of hydrogen-bond donors (Lipinski definition) is 1. The van der Waals surface area contributed by atoms with Crippen molar-refractivity contribution in [3.05, 3.63) is 55.5 Å². The fourth-order valence-electron chi connectivity index (χ4n) is 4.12. The third kappa shape index (κ3) is 3.62. The molecule has 1 N–H and O–H groups in total. The van der Waals surface area contributed by atoms with Gasteiger partial charge in [-0.25, -0.2) is 4.98 Å². The SMILES string of the molecule is O=[N+]([O-])c1ccc(CN(Cc2nccs2)C2CC23CCNCC3)cc1Cl. The van der Waals surface area contributed by atoms with Gasteiger partial charge in [0, 0.05) is 30.2 Å². The van der Waals surface area contributed by atoms with E-state index in [1.807, 2.05) is 17.6 Å². The molecule has 8 heteroatoms. The van der Waals surface area contributed by atoms with Gasteiger partial charge in [0.25, 0.3) is 5.69 Å². The molecule has 2 aliphatic rings. The van der Waals surface area contributed by atoms with E-state index in [0.717, 1.165) is 36.8 Å². The topological polar surface area (TPSA) is 71.3 Å². The predicted octanol–water partition coefficient (Wildman–Crippen LogP) is 3.85. The van der Waals surface area contributed by atoms with Crippen LogP contribution in [0, 0.1) is 15.5 Å². The Balaban J connectivity index is 1.53.